The smallest absolute Gasteiger partial charge is 0.247 e. The minimum Gasteiger partial charge on any atom is -0.301 e. The van der Waals surface area contributed by atoms with Gasteiger partial charge in [0.1, 0.15) is 0 Å². The molecule has 2 aliphatic heterocycles. The van der Waals surface area contributed by atoms with E-state index < -0.39 is 0 Å². The molecular formula is C13H23N3O2. The molecule has 102 valence electrons. The van der Waals surface area contributed by atoms with Gasteiger partial charge in [-0.3, -0.25) is 19.4 Å². The third-order valence-electron chi connectivity index (χ3n) is 3.96. The molecule has 0 aromatic heterocycles. The van der Waals surface area contributed by atoms with Crippen molar-refractivity contribution in [3.05, 3.63) is 0 Å². The zero-order chi connectivity index (χ0) is 13.1. The summed E-state index contributed by atoms with van der Waals surface area (Å²) in [5.74, 6) is 0.0246. The van der Waals surface area contributed by atoms with Crippen LogP contribution in [0.25, 0.3) is 0 Å². The predicted molar refractivity (Wildman–Crippen MR) is 69.1 cm³/mol. The fourth-order valence-corrected chi connectivity index (χ4v) is 2.80. The van der Waals surface area contributed by atoms with Crippen LogP contribution >= 0.6 is 0 Å². The van der Waals surface area contributed by atoms with Gasteiger partial charge >= 0.3 is 0 Å². The van der Waals surface area contributed by atoms with E-state index in [4.69, 9.17) is 0 Å². The first kappa shape index (κ1) is 13.5. The Morgan fingerprint density at radius 3 is 2.33 bits per heavy atom. The van der Waals surface area contributed by atoms with Crippen LogP contribution in [0.2, 0.25) is 0 Å². The molecule has 0 aromatic rings. The number of carbonyl (C=O) groups is 2. The lowest BCUT2D eigenvalue weighted by Gasteiger charge is -2.36. The number of amides is 2. The van der Waals surface area contributed by atoms with Crippen molar-refractivity contribution in [2.75, 3.05) is 39.3 Å². The fourth-order valence-electron chi connectivity index (χ4n) is 2.80. The molecule has 0 saturated carbocycles. The second kappa shape index (κ2) is 5.80. The molecule has 0 unspecified atom stereocenters. The van der Waals surface area contributed by atoms with E-state index in [1.54, 1.807) is 0 Å². The molecule has 0 aromatic carbocycles. The number of nitrogens with zero attached hydrogens (tertiary/aromatic N) is 3. The van der Waals surface area contributed by atoms with Crippen molar-refractivity contribution in [1.82, 2.24) is 14.7 Å². The molecule has 2 fully saturated rings. The number of likely N-dealkylation sites (N-methyl/N-ethyl adjacent to an activating group) is 1. The number of likely N-dealkylation sites (tertiary alicyclic amines) is 1. The van der Waals surface area contributed by atoms with Crippen LogP contribution in [-0.4, -0.2) is 71.8 Å². The Balaban J connectivity index is 1.95. The summed E-state index contributed by atoms with van der Waals surface area (Å²) in [6.45, 7) is 9.59. The molecule has 2 heterocycles. The molecule has 0 radical (unpaired) electrons. The van der Waals surface area contributed by atoms with E-state index in [-0.39, 0.29) is 17.9 Å². The quantitative estimate of drug-likeness (QED) is 0.670. The Kier molecular flexibility index (Phi) is 4.35. The Morgan fingerprint density at radius 2 is 1.78 bits per heavy atom. The van der Waals surface area contributed by atoms with Crippen LogP contribution in [0, 0.1) is 0 Å². The van der Waals surface area contributed by atoms with Crippen LogP contribution in [0.15, 0.2) is 0 Å². The first-order valence-electron chi connectivity index (χ1n) is 6.98. The highest BCUT2D eigenvalue weighted by Gasteiger charge is 2.41. The van der Waals surface area contributed by atoms with Gasteiger partial charge in [0.05, 0.1) is 12.5 Å². The summed E-state index contributed by atoms with van der Waals surface area (Å²) in [5.41, 5.74) is 0. The number of hydrogen-bond acceptors (Lipinski definition) is 4. The Labute approximate surface area is 109 Å². The van der Waals surface area contributed by atoms with Crippen molar-refractivity contribution >= 4 is 11.8 Å². The van der Waals surface area contributed by atoms with Crippen molar-refractivity contribution in [3.8, 4) is 0 Å². The molecule has 2 rings (SSSR count). The largest absolute Gasteiger partial charge is 0.301 e. The molecule has 0 N–H and O–H groups in total. The number of imide groups is 1. The predicted octanol–water partition coefficient (Wildman–Crippen LogP) is 0.161. The van der Waals surface area contributed by atoms with E-state index in [2.05, 4.69) is 16.7 Å². The average molecular weight is 253 g/mol. The molecule has 2 aliphatic rings. The lowest BCUT2D eigenvalue weighted by atomic mass is 10.2. The topological polar surface area (TPSA) is 43.9 Å². The van der Waals surface area contributed by atoms with Gasteiger partial charge < -0.3 is 4.90 Å². The Morgan fingerprint density at radius 1 is 1.11 bits per heavy atom. The molecule has 0 spiro atoms. The number of carbonyl (C=O) groups excluding carboxylic acids is 2. The maximum Gasteiger partial charge on any atom is 0.247 e. The van der Waals surface area contributed by atoms with E-state index in [1.165, 1.54) is 4.90 Å². The van der Waals surface area contributed by atoms with Crippen molar-refractivity contribution in [2.24, 2.45) is 0 Å². The number of rotatable bonds is 4. The zero-order valence-corrected chi connectivity index (χ0v) is 11.4. The third-order valence-corrected chi connectivity index (χ3v) is 3.96. The average Bonchev–Trinajstić information content (AvgIpc) is 2.67. The summed E-state index contributed by atoms with van der Waals surface area (Å²) in [6.07, 6.45) is 1.22. The summed E-state index contributed by atoms with van der Waals surface area (Å²) < 4.78 is 0. The van der Waals surface area contributed by atoms with Crippen molar-refractivity contribution < 1.29 is 9.59 Å². The second-order valence-corrected chi connectivity index (χ2v) is 5.07. The summed E-state index contributed by atoms with van der Waals surface area (Å²) in [5, 5.41) is 0. The van der Waals surface area contributed by atoms with Crippen LogP contribution in [0.3, 0.4) is 0 Å². The Hall–Kier alpha value is -0.940. The summed E-state index contributed by atoms with van der Waals surface area (Å²) >= 11 is 0. The van der Waals surface area contributed by atoms with Gasteiger partial charge in [0.15, 0.2) is 0 Å². The van der Waals surface area contributed by atoms with Crippen LogP contribution < -0.4 is 0 Å². The lowest BCUT2D eigenvalue weighted by molar-refractivity contribution is -0.139. The van der Waals surface area contributed by atoms with E-state index in [9.17, 15) is 9.59 Å². The maximum absolute atomic E-state index is 12.2. The molecule has 0 bridgehead atoms. The van der Waals surface area contributed by atoms with Gasteiger partial charge in [0.25, 0.3) is 0 Å². The Bertz CT molecular complexity index is 324. The van der Waals surface area contributed by atoms with E-state index in [1.807, 2.05) is 6.92 Å². The normalized spacial score (nSPS) is 27.2. The molecule has 2 saturated heterocycles. The SMILES string of the molecule is CCCN1C(=O)C[C@@H](N2CCN(CC)CC2)C1=O. The minimum absolute atomic E-state index is 0.00442. The van der Waals surface area contributed by atoms with E-state index in [0.29, 0.717) is 13.0 Å². The van der Waals surface area contributed by atoms with Crippen LogP contribution in [0.5, 0.6) is 0 Å². The third kappa shape index (κ3) is 2.57. The molecule has 1 atom stereocenters. The summed E-state index contributed by atoms with van der Waals surface area (Å²) in [7, 11) is 0. The molecule has 2 amide bonds. The van der Waals surface area contributed by atoms with Gasteiger partial charge in [-0.15, -0.1) is 0 Å². The molecule has 5 heteroatoms. The van der Waals surface area contributed by atoms with Gasteiger partial charge in [-0.1, -0.05) is 13.8 Å². The number of hydrogen-bond donors (Lipinski definition) is 0. The highest BCUT2D eigenvalue weighted by Crippen LogP contribution is 2.20. The number of piperazine rings is 1. The highest BCUT2D eigenvalue weighted by molar-refractivity contribution is 6.05. The molecule has 5 nitrogen and oxygen atoms in total. The van der Waals surface area contributed by atoms with Gasteiger partial charge in [-0.25, -0.2) is 0 Å². The maximum atomic E-state index is 12.2. The van der Waals surface area contributed by atoms with Crippen LogP contribution in [0.4, 0.5) is 0 Å². The molecular weight excluding hydrogens is 230 g/mol. The van der Waals surface area contributed by atoms with Gasteiger partial charge in [-0.05, 0) is 13.0 Å². The first-order chi connectivity index (χ1) is 8.67. The van der Waals surface area contributed by atoms with Crippen molar-refractivity contribution in [3.63, 3.8) is 0 Å². The monoisotopic (exact) mass is 253 g/mol. The molecule has 18 heavy (non-hydrogen) atoms. The van der Waals surface area contributed by atoms with Crippen molar-refractivity contribution in [2.45, 2.75) is 32.7 Å². The van der Waals surface area contributed by atoms with Crippen LogP contribution in [-0.2, 0) is 9.59 Å². The van der Waals surface area contributed by atoms with Gasteiger partial charge in [-0.2, -0.15) is 0 Å². The fraction of sp³-hybridized carbons (Fsp3) is 0.846. The van der Waals surface area contributed by atoms with Crippen LogP contribution in [0.1, 0.15) is 26.7 Å². The van der Waals surface area contributed by atoms with Gasteiger partial charge in [0, 0.05) is 32.7 Å². The highest BCUT2D eigenvalue weighted by atomic mass is 16.2. The van der Waals surface area contributed by atoms with E-state index in [0.717, 1.165) is 39.1 Å². The summed E-state index contributed by atoms with van der Waals surface area (Å²) in [4.78, 5) is 30.0. The van der Waals surface area contributed by atoms with E-state index >= 15 is 0 Å². The first-order valence-corrected chi connectivity index (χ1v) is 6.98. The standard InChI is InChI=1S/C13H23N3O2/c1-3-5-16-12(17)10-11(13(16)18)15-8-6-14(4-2)7-9-15/h11H,3-10H2,1-2H3/t11-/m1/s1. The zero-order valence-electron chi connectivity index (χ0n) is 11.4. The minimum atomic E-state index is -0.192. The summed E-state index contributed by atoms with van der Waals surface area (Å²) in [6, 6.07) is -0.192. The second-order valence-electron chi connectivity index (χ2n) is 5.07. The molecule has 0 aliphatic carbocycles. The van der Waals surface area contributed by atoms with Crippen molar-refractivity contribution in [1.29, 1.82) is 0 Å². The lowest BCUT2D eigenvalue weighted by Crippen LogP contribution is -2.52. The van der Waals surface area contributed by atoms with Gasteiger partial charge in [0.2, 0.25) is 11.8 Å².